The Balaban J connectivity index is 0.00000200. The first kappa shape index (κ1) is 20.3. The zero-order chi connectivity index (χ0) is 14.0. The SMILES string of the molecule is CC(C)(C)[C@@H](c1ccc(O)cc1O)N1CCNCC1.Cl.Cl. The number of rotatable bonds is 2. The van der Waals surface area contributed by atoms with Gasteiger partial charge in [0.15, 0.2) is 0 Å². The lowest BCUT2D eigenvalue weighted by molar-refractivity contribution is 0.0842. The largest absolute Gasteiger partial charge is 0.508 e. The normalized spacial score (nSPS) is 17.5. The molecule has 0 spiro atoms. The van der Waals surface area contributed by atoms with Gasteiger partial charge in [-0.1, -0.05) is 26.8 Å². The Morgan fingerprint density at radius 2 is 1.67 bits per heavy atom. The number of phenolic OH excluding ortho intramolecular Hbond substituents is 2. The summed E-state index contributed by atoms with van der Waals surface area (Å²) >= 11 is 0. The fourth-order valence-electron chi connectivity index (χ4n) is 2.91. The topological polar surface area (TPSA) is 55.7 Å². The summed E-state index contributed by atoms with van der Waals surface area (Å²) in [6.45, 7) is 10.5. The molecule has 0 saturated carbocycles. The highest BCUT2D eigenvalue weighted by molar-refractivity contribution is 5.85. The van der Waals surface area contributed by atoms with E-state index in [0.717, 1.165) is 31.7 Å². The lowest BCUT2D eigenvalue weighted by Gasteiger charge is -2.42. The van der Waals surface area contributed by atoms with E-state index in [-0.39, 0.29) is 47.8 Å². The molecule has 0 amide bonds. The summed E-state index contributed by atoms with van der Waals surface area (Å²) in [4.78, 5) is 2.41. The number of halogens is 2. The summed E-state index contributed by atoms with van der Waals surface area (Å²) < 4.78 is 0. The van der Waals surface area contributed by atoms with E-state index in [0.29, 0.717) is 0 Å². The second-order valence-electron chi connectivity index (χ2n) is 6.30. The van der Waals surface area contributed by atoms with Crippen molar-refractivity contribution in [3.63, 3.8) is 0 Å². The summed E-state index contributed by atoms with van der Waals surface area (Å²) in [5.41, 5.74) is 0.915. The summed E-state index contributed by atoms with van der Waals surface area (Å²) in [6.07, 6.45) is 0. The van der Waals surface area contributed by atoms with E-state index in [1.807, 2.05) is 6.07 Å². The van der Waals surface area contributed by atoms with Gasteiger partial charge >= 0.3 is 0 Å². The van der Waals surface area contributed by atoms with Crippen LogP contribution in [0.25, 0.3) is 0 Å². The number of nitrogens with one attached hydrogen (secondary N) is 1. The third-order valence-corrected chi connectivity index (χ3v) is 3.65. The summed E-state index contributed by atoms with van der Waals surface area (Å²) in [5.74, 6) is 0.285. The highest BCUT2D eigenvalue weighted by Crippen LogP contribution is 2.42. The minimum atomic E-state index is 0. The van der Waals surface area contributed by atoms with Gasteiger partial charge < -0.3 is 15.5 Å². The van der Waals surface area contributed by atoms with Crippen molar-refractivity contribution in [1.82, 2.24) is 10.2 Å². The molecule has 1 fully saturated rings. The molecule has 0 radical (unpaired) electrons. The predicted molar refractivity (Wildman–Crippen MR) is 90.9 cm³/mol. The molecule has 1 saturated heterocycles. The molecule has 1 aromatic carbocycles. The molecule has 0 aromatic heterocycles. The van der Waals surface area contributed by atoms with E-state index in [9.17, 15) is 10.2 Å². The number of benzene rings is 1. The van der Waals surface area contributed by atoms with Crippen LogP contribution in [0.3, 0.4) is 0 Å². The van der Waals surface area contributed by atoms with E-state index < -0.39 is 0 Å². The Labute approximate surface area is 139 Å². The Kier molecular flexibility index (Phi) is 7.82. The highest BCUT2D eigenvalue weighted by Gasteiger charge is 2.34. The van der Waals surface area contributed by atoms with Crippen molar-refractivity contribution in [3.8, 4) is 11.5 Å². The Hall–Kier alpha value is -0.680. The number of nitrogens with zero attached hydrogens (tertiary/aromatic N) is 1. The molecule has 0 bridgehead atoms. The zero-order valence-electron chi connectivity index (χ0n) is 12.8. The molecule has 1 aliphatic rings. The van der Waals surface area contributed by atoms with Gasteiger partial charge in [-0.05, 0) is 11.5 Å². The first-order chi connectivity index (χ1) is 8.89. The molecular formula is C15H26Cl2N2O2. The Bertz CT molecular complexity index is 444. The van der Waals surface area contributed by atoms with Gasteiger partial charge in [0.2, 0.25) is 0 Å². The molecule has 2 rings (SSSR count). The van der Waals surface area contributed by atoms with Gasteiger partial charge in [-0.2, -0.15) is 0 Å². The highest BCUT2D eigenvalue weighted by atomic mass is 35.5. The molecule has 1 aromatic rings. The monoisotopic (exact) mass is 336 g/mol. The van der Waals surface area contributed by atoms with Gasteiger partial charge in [0.1, 0.15) is 11.5 Å². The van der Waals surface area contributed by atoms with Crippen LogP contribution in [0.2, 0.25) is 0 Å². The Morgan fingerprint density at radius 3 is 2.14 bits per heavy atom. The van der Waals surface area contributed by atoms with Crippen molar-refractivity contribution in [3.05, 3.63) is 23.8 Å². The molecule has 122 valence electrons. The van der Waals surface area contributed by atoms with Crippen molar-refractivity contribution in [2.45, 2.75) is 26.8 Å². The van der Waals surface area contributed by atoms with Gasteiger partial charge in [0, 0.05) is 43.9 Å². The van der Waals surface area contributed by atoms with E-state index in [2.05, 4.69) is 31.0 Å². The van der Waals surface area contributed by atoms with Gasteiger partial charge in [0.25, 0.3) is 0 Å². The van der Waals surface area contributed by atoms with E-state index in [1.165, 1.54) is 6.07 Å². The molecule has 3 N–H and O–H groups in total. The molecule has 0 aliphatic carbocycles. The number of hydrogen-bond donors (Lipinski definition) is 3. The minimum Gasteiger partial charge on any atom is -0.508 e. The lowest BCUT2D eigenvalue weighted by Crippen LogP contribution is -2.48. The molecular weight excluding hydrogens is 311 g/mol. The van der Waals surface area contributed by atoms with Gasteiger partial charge in [-0.15, -0.1) is 24.8 Å². The van der Waals surface area contributed by atoms with E-state index >= 15 is 0 Å². The van der Waals surface area contributed by atoms with Gasteiger partial charge in [0.05, 0.1) is 0 Å². The van der Waals surface area contributed by atoms with Crippen LogP contribution in [-0.4, -0.2) is 41.3 Å². The zero-order valence-corrected chi connectivity index (χ0v) is 14.4. The van der Waals surface area contributed by atoms with Crippen LogP contribution in [0.4, 0.5) is 0 Å². The average molecular weight is 337 g/mol. The number of hydrogen-bond acceptors (Lipinski definition) is 4. The van der Waals surface area contributed by atoms with Gasteiger partial charge in [-0.3, -0.25) is 4.90 Å². The maximum atomic E-state index is 10.2. The third kappa shape index (κ3) is 4.92. The van der Waals surface area contributed by atoms with E-state index in [4.69, 9.17) is 0 Å². The van der Waals surface area contributed by atoms with Crippen LogP contribution in [0.5, 0.6) is 11.5 Å². The third-order valence-electron chi connectivity index (χ3n) is 3.65. The van der Waals surface area contributed by atoms with Crippen LogP contribution in [0, 0.1) is 5.41 Å². The van der Waals surface area contributed by atoms with Crippen molar-refractivity contribution in [2.75, 3.05) is 26.2 Å². The van der Waals surface area contributed by atoms with Crippen molar-refractivity contribution < 1.29 is 10.2 Å². The van der Waals surface area contributed by atoms with Crippen LogP contribution in [0.1, 0.15) is 32.4 Å². The first-order valence-corrected chi connectivity index (χ1v) is 6.86. The quantitative estimate of drug-likeness (QED) is 0.777. The maximum absolute atomic E-state index is 10.2. The van der Waals surface area contributed by atoms with Crippen LogP contribution in [-0.2, 0) is 0 Å². The van der Waals surface area contributed by atoms with Crippen molar-refractivity contribution >= 4 is 24.8 Å². The number of aromatic hydroxyl groups is 2. The Morgan fingerprint density at radius 1 is 1.10 bits per heavy atom. The fraction of sp³-hybridized carbons (Fsp3) is 0.600. The second kappa shape index (κ2) is 8.08. The molecule has 6 heteroatoms. The molecule has 1 atom stereocenters. The standard InChI is InChI=1S/C15H24N2O2.2ClH/c1-15(2,3)14(17-8-6-16-7-9-17)12-5-4-11(18)10-13(12)19;;/h4-5,10,14,16,18-19H,6-9H2,1-3H3;2*1H/t14-;;/m1../s1. The molecule has 4 nitrogen and oxygen atoms in total. The molecule has 0 unspecified atom stereocenters. The van der Waals surface area contributed by atoms with Crippen LogP contribution >= 0.6 is 24.8 Å². The minimum absolute atomic E-state index is 0. The maximum Gasteiger partial charge on any atom is 0.124 e. The number of phenols is 2. The van der Waals surface area contributed by atoms with Crippen LogP contribution < -0.4 is 5.32 Å². The summed E-state index contributed by atoms with van der Waals surface area (Å²) in [7, 11) is 0. The summed E-state index contributed by atoms with van der Waals surface area (Å²) in [5, 5.41) is 23.0. The first-order valence-electron chi connectivity index (χ1n) is 6.86. The molecule has 1 aliphatic heterocycles. The fourth-order valence-corrected chi connectivity index (χ4v) is 2.91. The van der Waals surface area contributed by atoms with Gasteiger partial charge in [-0.25, -0.2) is 0 Å². The molecule has 1 heterocycles. The molecule has 21 heavy (non-hydrogen) atoms. The van der Waals surface area contributed by atoms with Crippen molar-refractivity contribution in [1.29, 1.82) is 0 Å². The number of piperazine rings is 1. The van der Waals surface area contributed by atoms with Crippen molar-refractivity contribution in [2.24, 2.45) is 5.41 Å². The second-order valence-corrected chi connectivity index (χ2v) is 6.30. The smallest absolute Gasteiger partial charge is 0.124 e. The summed E-state index contributed by atoms with van der Waals surface area (Å²) in [6, 6.07) is 5.06. The predicted octanol–water partition coefficient (Wildman–Crippen LogP) is 2.93. The van der Waals surface area contributed by atoms with Crippen LogP contribution in [0.15, 0.2) is 18.2 Å². The average Bonchev–Trinajstić information content (AvgIpc) is 2.32. The lowest BCUT2D eigenvalue weighted by atomic mass is 9.80. The van der Waals surface area contributed by atoms with E-state index in [1.54, 1.807) is 6.07 Å².